The van der Waals surface area contributed by atoms with Crippen LogP contribution in [0, 0.1) is 5.41 Å². The van der Waals surface area contributed by atoms with Gasteiger partial charge in [-0.3, -0.25) is 0 Å². The largest absolute Gasteiger partial charge is 0.506 e. The molecule has 0 spiro atoms. The highest BCUT2D eigenvalue weighted by atomic mass is 16.3. The minimum atomic E-state index is 0.00667. The summed E-state index contributed by atoms with van der Waals surface area (Å²) in [6.45, 7) is 11.1. The van der Waals surface area contributed by atoms with Crippen LogP contribution < -0.4 is 4.90 Å². The van der Waals surface area contributed by atoms with E-state index in [1.54, 1.807) is 6.07 Å². The molecule has 2 nitrogen and oxygen atoms in total. The van der Waals surface area contributed by atoms with E-state index in [4.69, 9.17) is 0 Å². The molecule has 0 amide bonds. The van der Waals surface area contributed by atoms with Crippen molar-refractivity contribution < 1.29 is 5.11 Å². The first-order valence-electron chi connectivity index (χ1n) is 7.09. The Morgan fingerprint density at radius 3 is 2.05 bits per heavy atom. The number of rotatable bonds is 2. The van der Waals surface area contributed by atoms with Crippen LogP contribution in [0.1, 0.15) is 40.2 Å². The van der Waals surface area contributed by atoms with E-state index in [2.05, 4.69) is 40.7 Å². The number of phenolic OH excluding ortho intramolecular Hbond substituents is 1. The predicted molar refractivity (Wildman–Crippen MR) is 87.2 cm³/mol. The molecule has 2 rings (SSSR count). The van der Waals surface area contributed by atoms with Crippen molar-refractivity contribution in [2.24, 2.45) is 5.41 Å². The number of nitrogens with zero attached hydrogens (tertiary/aromatic N) is 1. The summed E-state index contributed by atoms with van der Waals surface area (Å²) in [5, 5.41) is 10.2. The lowest BCUT2D eigenvalue weighted by molar-refractivity contribution is 0.475. The van der Waals surface area contributed by atoms with Crippen LogP contribution in [0.25, 0.3) is 5.57 Å². The third kappa shape index (κ3) is 1.94. The quantitative estimate of drug-likeness (QED) is 0.849. The van der Waals surface area contributed by atoms with Crippen molar-refractivity contribution in [1.29, 1.82) is 0 Å². The number of benzene rings is 1. The zero-order chi connectivity index (χ0) is 15.2. The first-order chi connectivity index (χ1) is 9.19. The Bertz CT molecular complexity index is 618. The second-order valence-electron chi connectivity index (χ2n) is 6.44. The van der Waals surface area contributed by atoms with Gasteiger partial charge in [0.25, 0.3) is 0 Å². The van der Waals surface area contributed by atoms with Crippen LogP contribution in [0.5, 0.6) is 5.75 Å². The standard InChI is InChI=1S/C18H25NO/c1-11-12(2)16(18(4,5)13(11)3)14-9-8-10-15(20)17(14)19(6)7/h8-10,20H,1-7H3. The van der Waals surface area contributed by atoms with Crippen molar-refractivity contribution in [1.82, 2.24) is 0 Å². The lowest BCUT2D eigenvalue weighted by Crippen LogP contribution is -2.17. The molecule has 108 valence electrons. The van der Waals surface area contributed by atoms with Gasteiger partial charge in [0, 0.05) is 25.1 Å². The molecule has 0 bridgehead atoms. The van der Waals surface area contributed by atoms with E-state index >= 15 is 0 Å². The molecule has 1 aromatic carbocycles. The normalized spacial score (nSPS) is 17.9. The fraction of sp³-hybridized carbons (Fsp3) is 0.444. The zero-order valence-electron chi connectivity index (χ0n) is 13.6. The van der Waals surface area contributed by atoms with Crippen molar-refractivity contribution in [3.63, 3.8) is 0 Å². The van der Waals surface area contributed by atoms with Crippen molar-refractivity contribution in [3.05, 3.63) is 40.5 Å². The summed E-state index contributed by atoms with van der Waals surface area (Å²) in [6.07, 6.45) is 0. The van der Waals surface area contributed by atoms with Gasteiger partial charge in [0.05, 0.1) is 5.69 Å². The first-order valence-corrected chi connectivity index (χ1v) is 7.09. The van der Waals surface area contributed by atoms with Gasteiger partial charge in [-0.05, 0) is 43.6 Å². The van der Waals surface area contributed by atoms with E-state index in [0.717, 1.165) is 11.3 Å². The SMILES string of the molecule is CC1=C(C)C(C)(C)C(c2cccc(O)c2N(C)C)=C1C. The molecule has 20 heavy (non-hydrogen) atoms. The van der Waals surface area contributed by atoms with Crippen LogP contribution in [0.3, 0.4) is 0 Å². The third-order valence-electron chi connectivity index (χ3n) is 4.79. The molecule has 0 unspecified atom stereocenters. The van der Waals surface area contributed by atoms with Crippen LogP contribution in [0.2, 0.25) is 0 Å². The maximum absolute atomic E-state index is 10.2. The molecule has 1 aliphatic rings. The summed E-state index contributed by atoms with van der Waals surface area (Å²) in [4.78, 5) is 1.99. The molecule has 0 aromatic heterocycles. The van der Waals surface area contributed by atoms with Gasteiger partial charge in [0.15, 0.2) is 0 Å². The summed E-state index contributed by atoms with van der Waals surface area (Å²) in [6, 6.07) is 5.79. The molecule has 0 fully saturated rings. The van der Waals surface area contributed by atoms with Crippen LogP contribution in [0.4, 0.5) is 5.69 Å². The molecule has 0 saturated heterocycles. The Morgan fingerprint density at radius 2 is 1.60 bits per heavy atom. The molecule has 0 heterocycles. The number of anilines is 1. The highest BCUT2D eigenvalue weighted by Crippen LogP contribution is 2.53. The Morgan fingerprint density at radius 1 is 1.00 bits per heavy atom. The molecule has 0 aliphatic heterocycles. The van der Waals surface area contributed by atoms with Gasteiger partial charge in [0.2, 0.25) is 0 Å². The smallest absolute Gasteiger partial charge is 0.139 e. The van der Waals surface area contributed by atoms with E-state index in [-0.39, 0.29) is 5.41 Å². The average molecular weight is 271 g/mol. The average Bonchev–Trinajstić information content (AvgIpc) is 2.49. The monoisotopic (exact) mass is 271 g/mol. The van der Waals surface area contributed by atoms with Gasteiger partial charge in [-0.25, -0.2) is 0 Å². The number of allylic oxidation sites excluding steroid dienone is 4. The topological polar surface area (TPSA) is 23.5 Å². The molecular weight excluding hydrogens is 246 g/mol. The molecule has 1 aromatic rings. The lowest BCUT2D eigenvalue weighted by atomic mass is 9.77. The number of para-hydroxylation sites is 1. The summed E-state index contributed by atoms with van der Waals surface area (Å²) in [7, 11) is 3.95. The number of aromatic hydroxyl groups is 1. The second kappa shape index (κ2) is 4.69. The minimum absolute atomic E-state index is 0.00667. The second-order valence-corrected chi connectivity index (χ2v) is 6.44. The van der Waals surface area contributed by atoms with E-state index in [0.29, 0.717) is 5.75 Å². The fourth-order valence-electron chi connectivity index (χ4n) is 3.34. The molecule has 2 heteroatoms. The molecule has 1 aliphatic carbocycles. The predicted octanol–water partition coefficient (Wildman–Crippen LogP) is 4.61. The zero-order valence-corrected chi connectivity index (χ0v) is 13.6. The summed E-state index contributed by atoms with van der Waals surface area (Å²) in [5.74, 6) is 0.339. The van der Waals surface area contributed by atoms with Gasteiger partial charge in [-0.1, -0.05) is 31.6 Å². The third-order valence-corrected chi connectivity index (χ3v) is 4.79. The molecule has 1 N–H and O–H groups in total. The highest BCUT2D eigenvalue weighted by Gasteiger charge is 2.36. The molecule has 0 atom stereocenters. The van der Waals surface area contributed by atoms with Crippen molar-refractivity contribution >= 4 is 11.3 Å². The number of hydrogen-bond donors (Lipinski definition) is 1. The van der Waals surface area contributed by atoms with E-state index < -0.39 is 0 Å². The summed E-state index contributed by atoms with van der Waals surface area (Å²) < 4.78 is 0. The van der Waals surface area contributed by atoms with Gasteiger partial charge < -0.3 is 10.0 Å². The van der Waals surface area contributed by atoms with Gasteiger partial charge >= 0.3 is 0 Å². The van der Waals surface area contributed by atoms with E-state index in [1.165, 1.54) is 22.3 Å². The van der Waals surface area contributed by atoms with Crippen molar-refractivity contribution in [3.8, 4) is 5.75 Å². The Labute approximate surface area is 122 Å². The van der Waals surface area contributed by atoms with E-state index in [9.17, 15) is 5.11 Å². The first kappa shape index (κ1) is 14.7. The number of hydrogen-bond acceptors (Lipinski definition) is 2. The molecular formula is C18H25NO. The van der Waals surface area contributed by atoms with Crippen molar-refractivity contribution in [2.75, 3.05) is 19.0 Å². The number of phenols is 1. The fourth-order valence-corrected chi connectivity index (χ4v) is 3.34. The minimum Gasteiger partial charge on any atom is -0.506 e. The van der Waals surface area contributed by atoms with Crippen LogP contribution in [-0.2, 0) is 0 Å². The molecule has 0 radical (unpaired) electrons. The van der Waals surface area contributed by atoms with Crippen molar-refractivity contribution in [2.45, 2.75) is 34.6 Å². The van der Waals surface area contributed by atoms with E-state index in [1.807, 2.05) is 25.1 Å². The Kier molecular flexibility index (Phi) is 3.45. The summed E-state index contributed by atoms with van der Waals surface area (Å²) >= 11 is 0. The van der Waals surface area contributed by atoms with Crippen LogP contribution in [0.15, 0.2) is 34.9 Å². The van der Waals surface area contributed by atoms with Gasteiger partial charge in [-0.15, -0.1) is 0 Å². The maximum Gasteiger partial charge on any atom is 0.139 e. The molecule has 0 saturated carbocycles. The maximum atomic E-state index is 10.2. The van der Waals surface area contributed by atoms with Crippen LogP contribution >= 0.6 is 0 Å². The Balaban J connectivity index is 2.75. The Hall–Kier alpha value is -1.70. The van der Waals surface area contributed by atoms with Crippen LogP contribution in [-0.4, -0.2) is 19.2 Å². The lowest BCUT2D eigenvalue weighted by Gasteiger charge is -2.29. The highest BCUT2D eigenvalue weighted by molar-refractivity contribution is 5.89. The van der Waals surface area contributed by atoms with Gasteiger partial charge in [-0.2, -0.15) is 0 Å². The summed E-state index contributed by atoms with van der Waals surface area (Å²) in [5.41, 5.74) is 7.49. The van der Waals surface area contributed by atoms with Gasteiger partial charge in [0.1, 0.15) is 5.75 Å².